The first-order valence-corrected chi connectivity index (χ1v) is 30.8. The molecular weight excluding hydrogens is 1220 g/mol. The Morgan fingerprint density at radius 1 is 0.568 bits per heavy atom. The van der Waals surface area contributed by atoms with Crippen LogP contribution in [0, 0.1) is 22.7 Å². The van der Waals surface area contributed by atoms with Crippen molar-refractivity contribution in [1.82, 2.24) is 18.8 Å². The first-order chi connectivity index (χ1) is 41.1. The lowest BCUT2D eigenvalue weighted by molar-refractivity contribution is -0.145. The lowest BCUT2D eigenvalue weighted by Gasteiger charge is -2.53. The van der Waals surface area contributed by atoms with Crippen molar-refractivity contribution in [2.45, 2.75) is 118 Å². The molecule has 88 heavy (non-hydrogen) atoms. The first kappa shape index (κ1) is 67.1. The molecule has 474 valence electrons. The number of hydrogen-bond donors (Lipinski definition) is 1. The van der Waals surface area contributed by atoms with Crippen molar-refractivity contribution in [3.8, 4) is 12.1 Å². The van der Waals surface area contributed by atoms with E-state index in [1.54, 1.807) is 91.0 Å². The number of nitrogens with one attached hydrogen (secondary N) is 1. The van der Waals surface area contributed by atoms with Gasteiger partial charge in [-0.25, -0.2) is 21.6 Å². The SMILES string of the molecule is C[C@@H](OC[C@@]1(c2ccccc2)CC[C@](C#N)(N2CCCS2(=O)=O)CN1)c1cc(C(F)(F)F)cc(C(F)(F)F)c1.C[C@@H](OC[C@@]1(c2ccccc2)CC[C@](C#N)(N2CCCS2(=O)=O)CN1C(=O)OCc1ccccc1)c1cc(C(F)(F)F)cc(C(F)(F)F)c1. The fourth-order valence-corrected chi connectivity index (χ4v) is 15.3. The summed E-state index contributed by atoms with van der Waals surface area (Å²) in [7, 11) is -7.44. The second kappa shape index (κ2) is 25.6. The molecule has 28 heteroatoms. The molecule has 4 aliphatic heterocycles. The van der Waals surface area contributed by atoms with Crippen LogP contribution in [0.4, 0.5) is 57.5 Å². The van der Waals surface area contributed by atoms with Gasteiger partial charge < -0.3 is 19.5 Å². The number of sulfonamides is 2. The maximum Gasteiger partial charge on any atom is 0.416 e. The normalized spacial score (nSPS) is 24.9. The zero-order valence-corrected chi connectivity index (χ0v) is 48.9. The number of benzene rings is 5. The third kappa shape index (κ3) is 14.6. The van der Waals surface area contributed by atoms with Gasteiger partial charge >= 0.3 is 30.8 Å². The molecule has 9 rings (SSSR count). The minimum absolute atomic E-state index is 0.0289. The maximum absolute atomic E-state index is 14.1. The van der Waals surface area contributed by atoms with Gasteiger partial charge in [0.15, 0.2) is 0 Å². The molecule has 14 nitrogen and oxygen atoms in total. The van der Waals surface area contributed by atoms with Crippen LogP contribution in [-0.4, -0.2) is 98.4 Å². The molecule has 0 spiro atoms. The summed E-state index contributed by atoms with van der Waals surface area (Å²) in [5, 5.41) is 23.8. The fourth-order valence-electron chi connectivity index (χ4n) is 11.6. The molecule has 4 heterocycles. The Kier molecular flexibility index (Phi) is 19.5. The predicted octanol–water partition coefficient (Wildman–Crippen LogP) is 12.8. The van der Waals surface area contributed by atoms with Crippen molar-refractivity contribution in [1.29, 1.82) is 10.5 Å². The van der Waals surface area contributed by atoms with Gasteiger partial charge in [-0.2, -0.15) is 71.8 Å². The van der Waals surface area contributed by atoms with Gasteiger partial charge in [-0.1, -0.05) is 91.0 Å². The second-order valence-corrected chi connectivity index (χ2v) is 26.2. The van der Waals surface area contributed by atoms with Crippen LogP contribution in [0.3, 0.4) is 0 Å². The summed E-state index contributed by atoms with van der Waals surface area (Å²) in [5.74, 6) is -0.214. The number of nitrogens with zero attached hydrogens (tertiary/aromatic N) is 5. The standard InChI is InChI=1S/C34H33F6N3O5S.C26H27F6N3O3S/c1-24(26-17-28(33(35,36)37)19-29(18-26)34(38,39)40)48-23-32(27-11-6-3-7-12-27)14-13-31(21-41,43-15-8-16-49(43,45)46)22-42(32)30(44)47-20-25-9-4-2-5-10-25;1-18(19-12-21(25(27,28)29)14-22(13-19)26(30,31)32)38-17-24(20-6-3-2-4-7-20)9-8-23(15-33,16-34-24)35-10-5-11-39(35,36)37/h2-7,9-12,17-19,24H,8,13-16,20,22-23H2,1H3;2-4,6-7,12-14,18,34H,5,8-11,16-17H2,1H3/t24-,31-,32-;18-,23-,24-/m11/s1. The van der Waals surface area contributed by atoms with Gasteiger partial charge in [0.25, 0.3) is 0 Å². The van der Waals surface area contributed by atoms with Gasteiger partial charge in [-0.3, -0.25) is 4.90 Å². The van der Waals surface area contributed by atoms with Crippen molar-refractivity contribution >= 4 is 26.1 Å². The van der Waals surface area contributed by atoms with E-state index in [1.807, 2.05) is 0 Å². The molecule has 0 aromatic heterocycles. The third-order valence-electron chi connectivity index (χ3n) is 16.5. The van der Waals surface area contributed by atoms with Gasteiger partial charge in [0, 0.05) is 19.6 Å². The number of amides is 1. The molecule has 6 atom stereocenters. The van der Waals surface area contributed by atoms with Crippen LogP contribution in [0.5, 0.6) is 0 Å². The topological polar surface area (TPSA) is 182 Å². The number of carbonyl (C=O) groups is 1. The van der Waals surface area contributed by atoms with E-state index >= 15 is 0 Å². The van der Waals surface area contributed by atoms with Crippen LogP contribution in [0.1, 0.15) is 115 Å². The molecule has 1 amide bonds. The molecule has 0 unspecified atom stereocenters. The number of piperidine rings is 2. The van der Waals surface area contributed by atoms with E-state index in [9.17, 15) is 84.8 Å². The Bertz CT molecular complexity index is 3530. The van der Waals surface area contributed by atoms with E-state index in [2.05, 4.69) is 17.5 Å². The summed E-state index contributed by atoms with van der Waals surface area (Å²) in [6.07, 6.45) is -22.5. The Hall–Kier alpha value is -6.79. The number of carbonyl (C=O) groups excluding carboxylic acids is 1. The zero-order valence-electron chi connectivity index (χ0n) is 47.2. The van der Waals surface area contributed by atoms with Crippen molar-refractivity contribution in [2.24, 2.45) is 0 Å². The second-order valence-electron chi connectivity index (χ2n) is 22.2. The van der Waals surface area contributed by atoms with Crippen molar-refractivity contribution in [2.75, 3.05) is 50.9 Å². The monoisotopic (exact) mass is 1280 g/mol. The minimum atomic E-state index is -5.07. The molecule has 0 aliphatic carbocycles. The quantitative estimate of drug-likeness (QED) is 0.104. The number of alkyl halides is 12. The molecule has 0 bridgehead atoms. The summed E-state index contributed by atoms with van der Waals surface area (Å²) >= 11 is 0. The molecule has 5 aromatic carbocycles. The van der Waals surface area contributed by atoms with Crippen molar-refractivity contribution in [3.05, 3.63) is 177 Å². The highest BCUT2D eigenvalue weighted by Crippen LogP contribution is 2.48. The van der Waals surface area contributed by atoms with Crippen LogP contribution in [0.2, 0.25) is 0 Å². The van der Waals surface area contributed by atoms with Gasteiger partial charge in [-0.05, 0) is 117 Å². The van der Waals surface area contributed by atoms with E-state index in [4.69, 9.17) is 14.2 Å². The van der Waals surface area contributed by atoms with Crippen LogP contribution in [0.25, 0.3) is 0 Å². The minimum Gasteiger partial charge on any atom is -0.445 e. The van der Waals surface area contributed by atoms with E-state index in [-0.39, 0.29) is 94.2 Å². The summed E-state index contributed by atoms with van der Waals surface area (Å²) in [6, 6.07) is 32.8. The fraction of sp³-hybridized carbons (Fsp3) is 0.450. The van der Waals surface area contributed by atoms with E-state index in [0.29, 0.717) is 41.8 Å². The van der Waals surface area contributed by atoms with Crippen LogP contribution >= 0.6 is 0 Å². The molecule has 0 saturated carbocycles. The van der Waals surface area contributed by atoms with Gasteiger partial charge in [0.05, 0.1) is 88.9 Å². The van der Waals surface area contributed by atoms with Crippen LogP contribution < -0.4 is 5.32 Å². The number of nitriles is 2. The highest BCUT2D eigenvalue weighted by atomic mass is 32.2. The molecule has 0 radical (unpaired) electrons. The lowest BCUT2D eigenvalue weighted by Crippen LogP contribution is -2.66. The Balaban J connectivity index is 0.000000234. The van der Waals surface area contributed by atoms with Gasteiger partial charge in [0.2, 0.25) is 20.0 Å². The smallest absolute Gasteiger partial charge is 0.416 e. The summed E-state index contributed by atoms with van der Waals surface area (Å²) < 4.78 is 233. The number of hydrogen-bond acceptors (Lipinski definition) is 11. The molecule has 4 fully saturated rings. The maximum atomic E-state index is 14.1. The summed E-state index contributed by atoms with van der Waals surface area (Å²) in [5.41, 5.74) is -10.1. The average Bonchev–Trinajstić information content (AvgIpc) is 1.18. The van der Waals surface area contributed by atoms with Crippen molar-refractivity contribution < 1.29 is 88.5 Å². The number of rotatable bonds is 14. The molecule has 4 saturated heterocycles. The highest BCUT2D eigenvalue weighted by Gasteiger charge is 2.58. The van der Waals surface area contributed by atoms with Gasteiger partial charge in [0.1, 0.15) is 17.7 Å². The van der Waals surface area contributed by atoms with Crippen LogP contribution in [0.15, 0.2) is 127 Å². The number of halogens is 12. The largest absolute Gasteiger partial charge is 0.445 e. The first-order valence-electron chi connectivity index (χ1n) is 27.6. The Morgan fingerprint density at radius 2 is 0.977 bits per heavy atom. The average molecular weight is 1290 g/mol. The number of ether oxygens (including phenoxy) is 3. The molecule has 1 N–H and O–H groups in total. The Labute approximate surface area is 500 Å². The van der Waals surface area contributed by atoms with E-state index < -0.39 is 126 Å². The van der Waals surface area contributed by atoms with Gasteiger partial charge in [-0.15, -0.1) is 0 Å². The van der Waals surface area contributed by atoms with E-state index in [1.165, 1.54) is 23.1 Å². The van der Waals surface area contributed by atoms with E-state index in [0.717, 1.165) is 9.87 Å². The molecule has 5 aromatic rings. The summed E-state index contributed by atoms with van der Waals surface area (Å²) in [6.45, 7) is 1.71. The number of likely N-dealkylation sites (tertiary alicyclic amines) is 1. The lowest BCUT2D eigenvalue weighted by atomic mass is 9.75. The third-order valence-corrected chi connectivity index (χ3v) is 20.5. The predicted molar refractivity (Wildman–Crippen MR) is 295 cm³/mol. The summed E-state index contributed by atoms with van der Waals surface area (Å²) in [4.78, 5) is 15.3. The highest BCUT2D eigenvalue weighted by molar-refractivity contribution is 7.89. The Morgan fingerprint density at radius 3 is 1.38 bits per heavy atom. The van der Waals surface area contributed by atoms with Crippen molar-refractivity contribution in [3.63, 3.8) is 0 Å². The zero-order chi connectivity index (χ0) is 64.4. The van der Waals surface area contributed by atoms with Crippen LogP contribution in [-0.2, 0) is 76.6 Å². The molecular formula is C60H60F12N6O8S2. The molecule has 4 aliphatic rings.